The van der Waals surface area contributed by atoms with Crippen LogP contribution in [0.15, 0.2) is 49.3 Å². The predicted octanol–water partition coefficient (Wildman–Crippen LogP) is 2.30. The van der Waals surface area contributed by atoms with Crippen LogP contribution in [-0.4, -0.2) is 28.1 Å². The average molecular weight is 282 g/mol. The Bertz CT molecular complexity index is 401. The van der Waals surface area contributed by atoms with Crippen molar-refractivity contribution in [3.8, 4) is 0 Å². The second-order valence-electron chi connectivity index (χ2n) is 3.33. The quantitative estimate of drug-likeness (QED) is 0.321. The summed E-state index contributed by atoms with van der Waals surface area (Å²) in [5, 5.41) is 17.5. The Kier molecular flexibility index (Phi) is 11.3. The van der Waals surface area contributed by atoms with E-state index in [9.17, 15) is 14.4 Å². The molecule has 0 heterocycles. The van der Waals surface area contributed by atoms with Crippen LogP contribution in [0.1, 0.15) is 19.8 Å². The Morgan fingerprint density at radius 3 is 1.40 bits per heavy atom. The van der Waals surface area contributed by atoms with Crippen molar-refractivity contribution in [1.29, 1.82) is 0 Å². The molecule has 0 atom stereocenters. The normalized spacial score (nSPS) is 10.1. The minimum atomic E-state index is -1.23. The highest BCUT2D eigenvalue weighted by Crippen LogP contribution is 2.14. The van der Waals surface area contributed by atoms with E-state index < -0.39 is 11.9 Å². The van der Waals surface area contributed by atoms with Crippen molar-refractivity contribution in [3.05, 3.63) is 49.3 Å². The van der Waals surface area contributed by atoms with Crippen LogP contribution in [-0.2, 0) is 19.1 Å². The molecule has 6 nitrogen and oxygen atoms in total. The Balaban J connectivity index is 0. The van der Waals surface area contributed by atoms with Crippen molar-refractivity contribution in [1.82, 2.24) is 0 Å². The molecule has 0 amide bonds. The van der Waals surface area contributed by atoms with Gasteiger partial charge in [0, 0.05) is 6.92 Å². The van der Waals surface area contributed by atoms with E-state index in [0.29, 0.717) is 0 Å². The van der Waals surface area contributed by atoms with E-state index in [1.165, 1.54) is 19.1 Å². The first-order valence-electron chi connectivity index (χ1n) is 5.50. The largest absolute Gasteiger partial charge is 0.478 e. The third-order valence-electron chi connectivity index (χ3n) is 1.83. The Labute approximate surface area is 117 Å². The second-order valence-corrected chi connectivity index (χ2v) is 3.33. The molecule has 0 aromatic rings. The fraction of sp³-hybridized carbons (Fsp3) is 0.214. The molecule has 6 heteroatoms. The zero-order valence-corrected chi connectivity index (χ0v) is 11.3. The van der Waals surface area contributed by atoms with Gasteiger partial charge in [-0.15, -0.1) is 13.2 Å². The van der Waals surface area contributed by atoms with E-state index in [-0.39, 0.29) is 30.0 Å². The molecule has 0 aromatic carbocycles. The number of carboxylic acids is 2. The van der Waals surface area contributed by atoms with Crippen LogP contribution >= 0.6 is 0 Å². The van der Waals surface area contributed by atoms with Crippen LogP contribution in [0, 0.1) is 0 Å². The fourth-order valence-corrected chi connectivity index (χ4v) is 1.09. The highest BCUT2D eigenvalue weighted by molar-refractivity contribution is 5.99. The van der Waals surface area contributed by atoms with E-state index in [4.69, 9.17) is 10.2 Å². The van der Waals surface area contributed by atoms with Crippen LogP contribution < -0.4 is 0 Å². The monoisotopic (exact) mass is 282 g/mol. The van der Waals surface area contributed by atoms with Gasteiger partial charge in [0.2, 0.25) is 0 Å². The third-order valence-corrected chi connectivity index (χ3v) is 1.83. The van der Waals surface area contributed by atoms with Crippen LogP contribution in [0.25, 0.3) is 0 Å². The van der Waals surface area contributed by atoms with Gasteiger partial charge >= 0.3 is 17.9 Å². The third kappa shape index (κ3) is 9.41. The van der Waals surface area contributed by atoms with E-state index >= 15 is 0 Å². The van der Waals surface area contributed by atoms with Crippen LogP contribution in [0.5, 0.6) is 0 Å². The molecule has 0 aromatic heterocycles. The molecular weight excluding hydrogens is 264 g/mol. The van der Waals surface area contributed by atoms with Crippen LogP contribution in [0.3, 0.4) is 0 Å². The first-order chi connectivity index (χ1) is 9.31. The van der Waals surface area contributed by atoms with E-state index in [1.807, 2.05) is 0 Å². The van der Waals surface area contributed by atoms with Crippen molar-refractivity contribution in [3.63, 3.8) is 0 Å². The number of esters is 1. The standard InChI is InChI=1S/C10H12O4.C4H6O2/c1-3-5-7(9(11)12)8(6-4-2)10(13)14;1-3-6-4(2)5/h3-4H,1-2,5-6H2,(H,11,12)(H,13,14);3H,1H2,2H3/b8-7+;. The molecule has 0 saturated carbocycles. The van der Waals surface area contributed by atoms with Gasteiger partial charge in [0.05, 0.1) is 17.4 Å². The molecule has 0 rings (SSSR count). The van der Waals surface area contributed by atoms with E-state index in [0.717, 1.165) is 6.26 Å². The van der Waals surface area contributed by atoms with Gasteiger partial charge in [0.25, 0.3) is 0 Å². The van der Waals surface area contributed by atoms with Crippen LogP contribution in [0.4, 0.5) is 0 Å². The highest BCUT2D eigenvalue weighted by atomic mass is 16.5. The van der Waals surface area contributed by atoms with Crippen molar-refractivity contribution in [2.45, 2.75) is 19.8 Å². The van der Waals surface area contributed by atoms with Gasteiger partial charge in [-0.05, 0) is 12.8 Å². The smallest absolute Gasteiger partial charge is 0.332 e. The number of hydrogen-bond donors (Lipinski definition) is 2. The second kappa shape index (κ2) is 11.5. The summed E-state index contributed by atoms with van der Waals surface area (Å²) >= 11 is 0. The molecule has 0 spiro atoms. The lowest BCUT2D eigenvalue weighted by Crippen LogP contribution is -2.10. The number of ether oxygens (including phenoxy) is 1. The summed E-state index contributed by atoms with van der Waals surface area (Å²) in [6, 6.07) is 0. The van der Waals surface area contributed by atoms with Crippen molar-refractivity contribution in [2.24, 2.45) is 0 Å². The maximum atomic E-state index is 10.7. The number of carbonyl (C=O) groups excluding carboxylic acids is 1. The lowest BCUT2D eigenvalue weighted by Gasteiger charge is -2.04. The summed E-state index contributed by atoms with van der Waals surface area (Å²) in [6.45, 7) is 11.2. The number of aliphatic carboxylic acids is 2. The average Bonchev–Trinajstić information content (AvgIpc) is 2.33. The van der Waals surface area contributed by atoms with Gasteiger partial charge in [-0.25, -0.2) is 9.59 Å². The summed E-state index contributed by atoms with van der Waals surface area (Å²) in [4.78, 5) is 31.2. The van der Waals surface area contributed by atoms with E-state index in [1.54, 1.807) is 0 Å². The number of carbonyl (C=O) groups is 3. The number of rotatable bonds is 7. The molecule has 110 valence electrons. The zero-order valence-electron chi connectivity index (χ0n) is 11.3. The topological polar surface area (TPSA) is 101 Å². The highest BCUT2D eigenvalue weighted by Gasteiger charge is 2.17. The van der Waals surface area contributed by atoms with Crippen molar-refractivity contribution in [2.75, 3.05) is 0 Å². The summed E-state index contributed by atoms with van der Waals surface area (Å²) in [7, 11) is 0. The maximum absolute atomic E-state index is 10.7. The molecular formula is C14H18O6. The molecule has 0 aliphatic carbocycles. The number of hydrogen-bond acceptors (Lipinski definition) is 4. The molecule has 0 fully saturated rings. The molecule has 0 aliphatic heterocycles. The Morgan fingerprint density at radius 1 is 0.950 bits per heavy atom. The Morgan fingerprint density at radius 2 is 1.30 bits per heavy atom. The number of carboxylic acid groups (broad SMARTS) is 2. The first kappa shape index (κ1) is 19.7. The number of allylic oxidation sites excluding steroid dienone is 2. The molecule has 0 saturated heterocycles. The summed E-state index contributed by atoms with van der Waals surface area (Å²) in [5.41, 5.74) is -0.292. The van der Waals surface area contributed by atoms with Crippen molar-refractivity contribution >= 4 is 17.9 Å². The summed E-state index contributed by atoms with van der Waals surface area (Å²) in [6.07, 6.45) is 3.88. The summed E-state index contributed by atoms with van der Waals surface area (Å²) < 4.78 is 4.17. The molecule has 0 radical (unpaired) electrons. The molecule has 0 unspecified atom stereocenters. The maximum Gasteiger partial charge on any atom is 0.332 e. The minimum Gasteiger partial charge on any atom is -0.478 e. The van der Waals surface area contributed by atoms with Crippen molar-refractivity contribution < 1.29 is 29.3 Å². The fourth-order valence-electron chi connectivity index (χ4n) is 1.09. The Hall–Kier alpha value is -2.63. The van der Waals surface area contributed by atoms with Gasteiger partial charge in [-0.3, -0.25) is 4.79 Å². The molecule has 0 bridgehead atoms. The van der Waals surface area contributed by atoms with Gasteiger partial charge in [0.1, 0.15) is 0 Å². The molecule has 20 heavy (non-hydrogen) atoms. The van der Waals surface area contributed by atoms with Gasteiger partial charge < -0.3 is 14.9 Å². The lowest BCUT2D eigenvalue weighted by molar-refractivity contribution is -0.136. The minimum absolute atomic E-state index is 0.0325. The first-order valence-corrected chi connectivity index (χ1v) is 5.50. The summed E-state index contributed by atoms with van der Waals surface area (Å²) in [5.74, 6) is -2.79. The molecule has 2 N–H and O–H groups in total. The predicted molar refractivity (Wildman–Crippen MR) is 73.9 cm³/mol. The van der Waals surface area contributed by atoms with Gasteiger partial charge in [-0.2, -0.15) is 0 Å². The SMILES string of the molecule is C=CC/C(C(=O)O)=C(/CC=C)C(=O)O.C=COC(C)=O. The lowest BCUT2D eigenvalue weighted by atomic mass is 10.0. The van der Waals surface area contributed by atoms with Gasteiger partial charge in [-0.1, -0.05) is 18.7 Å². The zero-order chi connectivity index (χ0) is 16.1. The molecule has 0 aliphatic rings. The van der Waals surface area contributed by atoms with Crippen LogP contribution in [0.2, 0.25) is 0 Å². The van der Waals surface area contributed by atoms with Gasteiger partial charge in [0.15, 0.2) is 0 Å². The van der Waals surface area contributed by atoms with E-state index in [2.05, 4.69) is 24.5 Å².